The van der Waals surface area contributed by atoms with Gasteiger partial charge in [0.2, 0.25) is 0 Å². The molecule has 0 aliphatic heterocycles. The summed E-state index contributed by atoms with van der Waals surface area (Å²) in [6, 6.07) is 0. The Hall–Kier alpha value is 1.45. The zero-order chi connectivity index (χ0) is 6.62. The first kappa shape index (κ1) is 13.1. The van der Waals surface area contributed by atoms with Crippen molar-refractivity contribution in [3.05, 3.63) is 0 Å². The van der Waals surface area contributed by atoms with Crippen molar-refractivity contribution in [1.29, 1.82) is 0 Å². The van der Waals surface area contributed by atoms with E-state index in [0.717, 1.165) is 0 Å². The minimum Gasteiger partial charge on any atom is -0.449 e. The molecule has 0 radical (unpaired) electrons. The smallest absolute Gasteiger partial charge is 0.449 e. The van der Waals surface area contributed by atoms with Crippen LogP contribution in [0.4, 0.5) is 12.9 Å². The Kier molecular flexibility index (Phi) is 8.98. The molecule has 0 saturated heterocycles. The van der Waals surface area contributed by atoms with Crippen LogP contribution in [0, 0.1) is 0 Å². The van der Waals surface area contributed by atoms with Gasteiger partial charge in [0.1, 0.15) is 0 Å². The molecule has 0 saturated carbocycles. The largest absolute Gasteiger partial charge is 1.00 e. The molecule has 0 spiro atoms. The molecule has 0 amide bonds. The third-order valence-electron chi connectivity index (χ3n) is 0.690. The first-order valence-electron chi connectivity index (χ1n) is 2.38. The van der Waals surface area contributed by atoms with E-state index in [4.69, 9.17) is 5.11 Å². The van der Waals surface area contributed by atoms with E-state index < -0.39 is 13.3 Å². The van der Waals surface area contributed by atoms with E-state index in [9.17, 15) is 12.9 Å². The predicted octanol–water partition coefficient (Wildman–Crippen LogP) is -1.78. The van der Waals surface area contributed by atoms with Crippen molar-refractivity contribution in [1.82, 2.24) is 0 Å². The van der Waals surface area contributed by atoms with Gasteiger partial charge in [0.05, 0.1) is 0 Å². The molecule has 0 fully saturated rings. The van der Waals surface area contributed by atoms with Crippen LogP contribution in [0.25, 0.3) is 0 Å². The van der Waals surface area contributed by atoms with Gasteiger partial charge in [-0.15, -0.1) is 0 Å². The van der Waals surface area contributed by atoms with Crippen molar-refractivity contribution >= 4 is 6.98 Å². The molecule has 0 aromatic carbocycles. The summed E-state index contributed by atoms with van der Waals surface area (Å²) in [4.78, 5) is 0. The summed E-state index contributed by atoms with van der Waals surface area (Å²) in [5.74, 6) is 0. The van der Waals surface area contributed by atoms with Crippen LogP contribution in [0.1, 0.15) is 6.42 Å². The summed E-state index contributed by atoms with van der Waals surface area (Å²) in [5.41, 5.74) is 0. The van der Waals surface area contributed by atoms with Gasteiger partial charge in [-0.25, -0.2) is 0 Å². The number of aliphatic hydroxyl groups is 1. The second-order valence-electron chi connectivity index (χ2n) is 1.58. The normalized spacial score (nSPS) is 10.7. The fourth-order valence-corrected chi connectivity index (χ4v) is 0.323. The third-order valence-corrected chi connectivity index (χ3v) is 0.690. The van der Waals surface area contributed by atoms with E-state index in [1.807, 2.05) is 0 Å². The van der Waals surface area contributed by atoms with Crippen LogP contribution in [0.15, 0.2) is 0 Å². The quantitative estimate of drug-likeness (QED) is 0.491. The van der Waals surface area contributed by atoms with Crippen molar-refractivity contribution in [2.24, 2.45) is 0 Å². The van der Waals surface area contributed by atoms with Gasteiger partial charge in [0.25, 0.3) is 0 Å². The zero-order valence-corrected chi connectivity index (χ0v) is 8.40. The van der Waals surface area contributed by atoms with Gasteiger partial charge in [-0.3, -0.25) is 0 Å². The Bertz CT molecular complexity index is 66.6. The van der Waals surface area contributed by atoms with E-state index in [0.29, 0.717) is 0 Å². The molecule has 0 heterocycles. The number of aliphatic hydroxyl groups excluding tert-OH is 1. The molecule has 9 heavy (non-hydrogen) atoms. The second-order valence-corrected chi connectivity index (χ2v) is 1.58. The number of hydrogen-bond donors (Lipinski definition) is 1. The van der Waals surface area contributed by atoms with Crippen LogP contribution in [0.3, 0.4) is 0 Å². The predicted molar refractivity (Wildman–Crippen MR) is 25.6 cm³/mol. The van der Waals surface area contributed by atoms with Crippen molar-refractivity contribution < 1.29 is 69.4 Å². The average molecular weight is 166 g/mol. The number of halogens is 3. The molecule has 0 bridgehead atoms. The van der Waals surface area contributed by atoms with Crippen LogP contribution in [0.5, 0.6) is 0 Å². The van der Waals surface area contributed by atoms with E-state index in [-0.39, 0.29) is 64.4 Å². The Morgan fingerprint density at radius 1 is 1.22 bits per heavy atom. The van der Waals surface area contributed by atoms with Gasteiger partial charge in [0, 0.05) is 6.61 Å². The number of hydrogen-bond acceptors (Lipinski definition) is 1. The van der Waals surface area contributed by atoms with Crippen LogP contribution in [-0.4, -0.2) is 18.7 Å². The Labute approximate surface area is 94.5 Å². The molecule has 0 aromatic heterocycles. The van der Waals surface area contributed by atoms with Gasteiger partial charge in [0.15, 0.2) is 0 Å². The summed E-state index contributed by atoms with van der Waals surface area (Å²) in [5, 5.41) is 7.94. The van der Waals surface area contributed by atoms with Crippen LogP contribution >= 0.6 is 0 Å². The maximum atomic E-state index is 11.2. The molecular weight excluding hydrogens is 159 g/mol. The maximum Gasteiger partial charge on any atom is 1.00 e. The van der Waals surface area contributed by atoms with Crippen molar-refractivity contribution in [2.75, 3.05) is 6.61 Å². The van der Waals surface area contributed by atoms with Crippen LogP contribution in [-0.2, 0) is 0 Å². The van der Waals surface area contributed by atoms with Gasteiger partial charge in [-0.2, -0.15) is 0 Å². The zero-order valence-electron chi connectivity index (χ0n) is 5.28. The van der Waals surface area contributed by atoms with Gasteiger partial charge in [-0.1, -0.05) is 12.7 Å². The maximum absolute atomic E-state index is 11.2. The van der Waals surface area contributed by atoms with E-state index in [2.05, 4.69) is 0 Å². The summed E-state index contributed by atoms with van der Waals surface area (Å²) in [7, 11) is 0. The van der Waals surface area contributed by atoms with Crippen LogP contribution in [0.2, 0.25) is 6.32 Å². The Balaban J connectivity index is 0. The molecule has 0 aliphatic rings. The van der Waals surface area contributed by atoms with Gasteiger partial charge >= 0.3 is 58.4 Å². The average Bonchev–Trinajstić information content (AvgIpc) is 1.59. The minimum atomic E-state index is -4.66. The summed E-state index contributed by atoms with van der Waals surface area (Å²) < 4.78 is 33.6. The third kappa shape index (κ3) is 12.6. The van der Waals surface area contributed by atoms with Gasteiger partial charge in [-0.05, 0) is 0 Å². The fourth-order valence-electron chi connectivity index (χ4n) is 0.323. The number of rotatable bonds is 3. The molecule has 0 aromatic rings. The van der Waals surface area contributed by atoms with E-state index in [1.165, 1.54) is 0 Å². The molecular formula is C3H7BF3KO. The molecule has 50 valence electrons. The summed E-state index contributed by atoms with van der Waals surface area (Å²) in [6.07, 6.45) is -0.986. The molecule has 6 heteroatoms. The van der Waals surface area contributed by atoms with Crippen molar-refractivity contribution in [2.45, 2.75) is 12.7 Å². The SMILES string of the molecule is OCCC[B-](F)(F)F.[K+]. The van der Waals surface area contributed by atoms with Gasteiger partial charge < -0.3 is 18.1 Å². The first-order chi connectivity index (χ1) is 3.56. The van der Waals surface area contributed by atoms with Crippen molar-refractivity contribution in [3.63, 3.8) is 0 Å². The topological polar surface area (TPSA) is 20.2 Å². The molecule has 0 unspecified atom stereocenters. The second kappa shape index (κ2) is 6.18. The monoisotopic (exact) mass is 166 g/mol. The Morgan fingerprint density at radius 3 is 1.78 bits per heavy atom. The van der Waals surface area contributed by atoms with Crippen molar-refractivity contribution in [3.8, 4) is 0 Å². The van der Waals surface area contributed by atoms with E-state index >= 15 is 0 Å². The fraction of sp³-hybridized carbons (Fsp3) is 1.00. The molecule has 0 aliphatic carbocycles. The van der Waals surface area contributed by atoms with Crippen LogP contribution < -0.4 is 51.4 Å². The van der Waals surface area contributed by atoms with E-state index in [1.54, 1.807) is 0 Å². The molecule has 0 atom stereocenters. The minimum absolute atomic E-state index is 0. The molecule has 0 rings (SSSR count). The Morgan fingerprint density at radius 2 is 1.67 bits per heavy atom. The molecule has 1 N–H and O–H groups in total. The first-order valence-corrected chi connectivity index (χ1v) is 2.38. The summed E-state index contributed by atoms with van der Waals surface area (Å²) in [6.45, 7) is -5.04. The summed E-state index contributed by atoms with van der Waals surface area (Å²) >= 11 is 0. The molecule has 1 nitrogen and oxygen atoms in total. The standard InChI is InChI=1S/C3H7BF3O.K/c5-4(6,7)2-1-3-8;/h8H,1-3H2;/q-1;+1.